The van der Waals surface area contributed by atoms with E-state index in [0.717, 1.165) is 57.4 Å². The van der Waals surface area contributed by atoms with Crippen LogP contribution in [-0.4, -0.2) is 70.8 Å². The average Bonchev–Trinajstić information content (AvgIpc) is 2.72. The van der Waals surface area contributed by atoms with Crippen molar-refractivity contribution in [2.45, 2.75) is 58.5 Å². The van der Waals surface area contributed by atoms with Gasteiger partial charge in [-0.2, -0.15) is 0 Å². The van der Waals surface area contributed by atoms with Gasteiger partial charge in [0.1, 0.15) is 0 Å². The molecular weight excluding hydrogens is 352 g/mol. The first-order valence-corrected chi connectivity index (χ1v) is 10.6. The van der Waals surface area contributed by atoms with Crippen LogP contribution in [0, 0.1) is 5.41 Å². The minimum absolute atomic E-state index is 0.0184. The first-order chi connectivity index (χ1) is 13.5. The molecule has 0 bridgehead atoms. The summed E-state index contributed by atoms with van der Waals surface area (Å²) in [5.74, 6) is 0.513. The number of carbonyl (C=O) groups excluding carboxylic acids is 2. The smallest absolute Gasteiger partial charge is 0.239 e. The standard InChI is InChI=1S/C22H34N4O2/c1-4-19(24(3)5-2)21(28)25-14-10-22(11-15-25)9-6-20(27)26(17-22)16-18-7-12-23-13-8-18/h7-8,12-13,19H,4-6,9-11,14-17H2,1-3H3/t19-/m1/s1. The summed E-state index contributed by atoms with van der Waals surface area (Å²) in [6.45, 7) is 8.15. The van der Waals surface area contributed by atoms with Crippen molar-refractivity contribution in [1.82, 2.24) is 19.7 Å². The van der Waals surface area contributed by atoms with Gasteiger partial charge in [0, 0.05) is 45.0 Å². The van der Waals surface area contributed by atoms with E-state index >= 15 is 0 Å². The molecule has 2 amide bonds. The molecule has 1 aromatic heterocycles. The van der Waals surface area contributed by atoms with Crippen LogP contribution in [0.1, 0.15) is 51.5 Å². The Kier molecular flexibility index (Phi) is 6.70. The zero-order valence-electron chi connectivity index (χ0n) is 17.6. The van der Waals surface area contributed by atoms with Gasteiger partial charge in [0.25, 0.3) is 0 Å². The fourth-order valence-corrected chi connectivity index (χ4v) is 4.67. The van der Waals surface area contributed by atoms with Gasteiger partial charge in [-0.05, 0) is 62.4 Å². The normalized spacial score (nSPS) is 20.6. The minimum Gasteiger partial charge on any atom is -0.341 e. The quantitative estimate of drug-likeness (QED) is 0.754. The molecule has 6 heteroatoms. The van der Waals surface area contributed by atoms with Gasteiger partial charge in [-0.15, -0.1) is 0 Å². The van der Waals surface area contributed by atoms with Crippen LogP contribution in [0.4, 0.5) is 0 Å². The SMILES string of the molecule is CC[C@H](C(=O)N1CCC2(CCC(=O)N(Cc3ccncc3)C2)CC1)N(C)CC. The summed E-state index contributed by atoms with van der Waals surface area (Å²) in [5, 5.41) is 0. The number of carbonyl (C=O) groups is 2. The topological polar surface area (TPSA) is 56.8 Å². The average molecular weight is 387 g/mol. The van der Waals surface area contributed by atoms with Crippen LogP contribution in [-0.2, 0) is 16.1 Å². The van der Waals surface area contributed by atoms with Gasteiger partial charge in [0.05, 0.1) is 6.04 Å². The van der Waals surface area contributed by atoms with Gasteiger partial charge in [0.15, 0.2) is 0 Å². The summed E-state index contributed by atoms with van der Waals surface area (Å²) in [7, 11) is 2.03. The van der Waals surface area contributed by atoms with Crippen LogP contribution < -0.4 is 0 Å². The Bertz CT molecular complexity index is 670. The van der Waals surface area contributed by atoms with Crippen LogP contribution in [0.2, 0.25) is 0 Å². The fraction of sp³-hybridized carbons (Fsp3) is 0.682. The van der Waals surface area contributed by atoms with E-state index in [0.29, 0.717) is 13.0 Å². The zero-order chi connectivity index (χ0) is 20.1. The van der Waals surface area contributed by atoms with Crippen molar-refractivity contribution in [1.29, 1.82) is 0 Å². The Morgan fingerprint density at radius 3 is 2.50 bits per heavy atom. The molecule has 1 aromatic rings. The second kappa shape index (κ2) is 9.03. The Hall–Kier alpha value is -1.95. The fourth-order valence-electron chi connectivity index (χ4n) is 4.67. The maximum Gasteiger partial charge on any atom is 0.239 e. The van der Waals surface area contributed by atoms with Gasteiger partial charge < -0.3 is 9.80 Å². The molecule has 2 aliphatic rings. The van der Waals surface area contributed by atoms with Gasteiger partial charge in [-0.25, -0.2) is 0 Å². The first-order valence-electron chi connectivity index (χ1n) is 10.6. The third-order valence-electron chi connectivity index (χ3n) is 6.71. The predicted octanol–water partition coefficient (Wildman–Crippen LogP) is 2.54. The molecule has 2 aliphatic heterocycles. The highest BCUT2D eigenvalue weighted by atomic mass is 16.2. The number of likely N-dealkylation sites (N-methyl/N-ethyl adjacent to an activating group) is 1. The van der Waals surface area contributed by atoms with E-state index in [-0.39, 0.29) is 23.3 Å². The van der Waals surface area contributed by atoms with Gasteiger partial charge in [-0.1, -0.05) is 13.8 Å². The lowest BCUT2D eigenvalue weighted by molar-refractivity contribution is -0.145. The number of rotatable bonds is 6. The van der Waals surface area contributed by atoms with Gasteiger partial charge >= 0.3 is 0 Å². The van der Waals surface area contributed by atoms with E-state index in [1.54, 1.807) is 12.4 Å². The van der Waals surface area contributed by atoms with Crippen LogP contribution >= 0.6 is 0 Å². The molecule has 6 nitrogen and oxygen atoms in total. The monoisotopic (exact) mass is 386 g/mol. The van der Waals surface area contributed by atoms with Crippen LogP contribution in [0.5, 0.6) is 0 Å². The highest BCUT2D eigenvalue weighted by Crippen LogP contribution is 2.40. The molecule has 154 valence electrons. The molecule has 0 N–H and O–H groups in total. The molecule has 3 rings (SSSR count). The number of hydrogen-bond donors (Lipinski definition) is 0. The summed E-state index contributed by atoms with van der Waals surface area (Å²) in [6.07, 6.45) is 7.96. The molecule has 2 saturated heterocycles. The molecule has 1 spiro atoms. The van der Waals surface area contributed by atoms with Crippen molar-refractivity contribution >= 4 is 11.8 Å². The molecule has 0 radical (unpaired) electrons. The Morgan fingerprint density at radius 1 is 1.21 bits per heavy atom. The predicted molar refractivity (Wildman–Crippen MR) is 110 cm³/mol. The first kappa shape index (κ1) is 20.8. The second-order valence-electron chi connectivity index (χ2n) is 8.43. The molecule has 0 saturated carbocycles. The van der Waals surface area contributed by atoms with E-state index in [2.05, 4.69) is 28.6 Å². The highest BCUT2D eigenvalue weighted by Gasteiger charge is 2.42. The number of pyridine rings is 1. The van der Waals surface area contributed by atoms with Crippen molar-refractivity contribution in [2.24, 2.45) is 5.41 Å². The maximum atomic E-state index is 13.0. The van der Waals surface area contributed by atoms with E-state index in [1.165, 1.54) is 0 Å². The summed E-state index contributed by atoms with van der Waals surface area (Å²) < 4.78 is 0. The van der Waals surface area contributed by atoms with Crippen LogP contribution in [0.25, 0.3) is 0 Å². The van der Waals surface area contributed by atoms with Gasteiger partial charge in [0.2, 0.25) is 11.8 Å². The largest absolute Gasteiger partial charge is 0.341 e. The lowest BCUT2D eigenvalue weighted by atomic mass is 9.72. The molecule has 0 unspecified atom stereocenters. The van der Waals surface area contributed by atoms with Crippen molar-refractivity contribution in [2.75, 3.05) is 33.2 Å². The Balaban J connectivity index is 1.61. The molecule has 3 heterocycles. The van der Waals surface area contributed by atoms with E-state index < -0.39 is 0 Å². The van der Waals surface area contributed by atoms with E-state index in [4.69, 9.17) is 0 Å². The number of hydrogen-bond acceptors (Lipinski definition) is 4. The molecule has 28 heavy (non-hydrogen) atoms. The summed E-state index contributed by atoms with van der Waals surface area (Å²) in [4.78, 5) is 35.7. The van der Waals surface area contributed by atoms with Crippen LogP contribution in [0.15, 0.2) is 24.5 Å². The van der Waals surface area contributed by atoms with Crippen LogP contribution in [0.3, 0.4) is 0 Å². The number of nitrogens with zero attached hydrogens (tertiary/aromatic N) is 4. The summed E-state index contributed by atoms with van der Waals surface area (Å²) in [5.41, 5.74) is 1.29. The zero-order valence-corrected chi connectivity index (χ0v) is 17.6. The van der Waals surface area contributed by atoms with Crippen molar-refractivity contribution in [3.05, 3.63) is 30.1 Å². The molecule has 0 aromatic carbocycles. The lowest BCUT2D eigenvalue weighted by Crippen LogP contribution is -2.54. The number of piperidine rings is 2. The van der Waals surface area contributed by atoms with Crippen molar-refractivity contribution < 1.29 is 9.59 Å². The third kappa shape index (κ3) is 4.54. The second-order valence-corrected chi connectivity index (χ2v) is 8.43. The Morgan fingerprint density at radius 2 is 1.89 bits per heavy atom. The van der Waals surface area contributed by atoms with Gasteiger partial charge in [-0.3, -0.25) is 19.5 Å². The summed E-state index contributed by atoms with van der Waals surface area (Å²) in [6, 6.07) is 3.94. The van der Waals surface area contributed by atoms with Crippen molar-refractivity contribution in [3.8, 4) is 0 Å². The number of amides is 2. The molecule has 2 fully saturated rings. The Labute approximate surface area is 168 Å². The minimum atomic E-state index is -0.0184. The maximum absolute atomic E-state index is 13.0. The number of likely N-dealkylation sites (tertiary alicyclic amines) is 2. The lowest BCUT2D eigenvalue weighted by Gasteiger charge is -2.48. The van der Waals surface area contributed by atoms with E-state index in [9.17, 15) is 9.59 Å². The van der Waals surface area contributed by atoms with Crippen molar-refractivity contribution in [3.63, 3.8) is 0 Å². The summed E-state index contributed by atoms with van der Waals surface area (Å²) >= 11 is 0. The third-order valence-corrected chi connectivity index (χ3v) is 6.71. The molecule has 0 aliphatic carbocycles. The highest BCUT2D eigenvalue weighted by molar-refractivity contribution is 5.82. The molecular formula is C22H34N4O2. The molecule has 1 atom stereocenters. The number of aromatic nitrogens is 1. The van der Waals surface area contributed by atoms with E-state index in [1.807, 2.05) is 24.1 Å².